The summed E-state index contributed by atoms with van der Waals surface area (Å²) in [6.07, 6.45) is 0. The Morgan fingerprint density at radius 2 is 0.115 bits per heavy atom. The van der Waals surface area contributed by atoms with Gasteiger partial charge in [0, 0.05) is 0 Å². The van der Waals surface area contributed by atoms with E-state index in [1.165, 1.54) is 0 Å². The summed E-state index contributed by atoms with van der Waals surface area (Å²) in [5, 5.41) is 0. The van der Waals surface area contributed by atoms with E-state index in [9.17, 15) is 0 Å². The maximum atomic E-state index is 4.01. The highest BCUT2D eigenvalue weighted by Gasteiger charge is 2.68. The van der Waals surface area contributed by atoms with Gasteiger partial charge in [0.25, 0.3) is 0 Å². The smallest absolute Gasteiger partial charge is 0.000000215 e. The fourth-order valence-electron chi connectivity index (χ4n) is 6.38. The Morgan fingerprint density at radius 3 is 0.173 bits per heavy atom. The van der Waals surface area contributed by atoms with E-state index in [1.54, 1.807) is 0 Å². The number of hydrogen-bond acceptors (Lipinski definition) is 0. The quantitative estimate of drug-likeness (QED) is 0.0533. The monoisotopic (exact) mass is 3330 g/mol. The van der Waals surface area contributed by atoms with Crippen molar-refractivity contribution < 1.29 is 0 Å². The maximum Gasteiger partial charge on any atom is -0.000000215 e. The third-order valence-electron chi connectivity index (χ3n) is 9.26. The van der Waals surface area contributed by atoms with Gasteiger partial charge in [0.1, 0.15) is 0 Å². The Bertz CT molecular complexity index is 1770. The van der Waals surface area contributed by atoms with Gasteiger partial charge in [-0.2, -0.15) is 0 Å². The van der Waals surface area contributed by atoms with Crippen molar-refractivity contribution >= 4 is 830 Å². The molecule has 0 N–H and O–H groups in total. The predicted molar refractivity (Wildman–Crippen MR) is 868 cm³/mol. The van der Waals surface area contributed by atoms with Gasteiger partial charge in [-0.05, 0) is 356 Å². The molecule has 57 unspecified atom stereocenters. The van der Waals surface area contributed by atoms with Crippen LogP contribution >= 0.6 is 830 Å². The first kappa shape index (κ1) is 149. The van der Waals surface area contributed by atoms with E-state index in [0.29, 0.717) is 0 Å². The van der Waals surface area contributed by atoms with Gasteiger partial charge in [0.05, 0.1) is 0 Å². The molecule has 0 spiro atoms. The molecule has 0 fully saturated rings. The van der Waals surface area contributed by atoms with E-state index >= 15 is 0 Å². The summed E-state index contributed by atoms with van der Waals surface area (Å²) in [4.78, 5) is 0. The fraction of sp³-hybridized carbons (Fsp3) is 0. The van der Waals surface area contributed by atoms with Crippen LogP contribution in [-0.2, 0) is 0 Å². The summed E-state index contributed by atoms with van der Waals surface area (Å²) < 4.78 is 0. The average molecular weight is 3330 g/mol. The molecule has 0 bridgehead atoms. The Hall–Kier alpha value is 44.7. The molecule has 0 radical (unpaired) electrons. The predicted octanol–water partition coefficient (Wildman–Crippen LogP) is 61.2. The fourth-order valence-corrected chi connectivity index (χ4v) is 1550. The topological polar surface area (TPSA) is 0 Å². The maximum absolute atomic E-state index is 4.01. The van der Waals surface area contributed by atoms with Gasteiger partial charge in [0.2, 0.25) is 0 Å². The molecule has 0 rings (SSSR count). The summed E-state index contributed by atoms with van der Waals surface area (Å²) in [7, 11) is 203. The van der Waals surface area contributed by atoms with E-state index < -0.39 is 356 Å². The minimum Gasteiger partial charge on any atom is -0.102 e. The molecule has 57 atom stereocenters. The molecule has 104 heavy (non-hydrogen) atoms. The zero-order chi connectivity index (χ0) is 82.4. The van der Waals surface area contributed by atoms with Crippen molar-refractivity contribution in [3.63, 3.8) is 0 Å². The second-order valence-corrected chi connectivity index (χ2v) is 449. The lowest BCUT2D eigenvalue weighted by Gasteiger charge is -2.64. The van der Waals surface area contributed by atoms with Crippen LogP contribution in [0.4, 0.5) is 0 Å². The molecule has 0 aliphatic carbocycles. The highest BCUT2D eigenvalue weighted by atomic mass is 33.7. The van der Waals surface area contributed by atoms with E-state index in [-0.39, 0.29) is 0 Å². The van der Waals surface area contributed by atoms with Gasteiger partial charge < -0.3 is 0 Å². The summed E-state index contributed by atoms with van der Waals surface area (Å²) in [6.45, 7) is -24.2. The summed E-state index contributed by atoms with van der Waals surface area (Å²) in [5.41, 5.74) is 0. The van der Waals surface area contributed by atoms with Crippen molar-refractivity contribution in [3.05, 3.63) is 0 Å². The summed E-state index contributed by atoms with van der Waals surface area (Å²) in [6, 6.07) is 0. The third-order valence-corrected chi connectivity index (χ3v) is 750. The van der Waals surface area contributed by atoms with Crippen molar-refractivity contribution in [2.45, 2.75) is 0 Å². The first-order valence-corrected chi connectivity index (χ1v) is 213. The molecule has 0 nitrogen and oxygen atoms in total. The number of rotatable bonds is 50. The first-order valence-electron chi connectivity index (χ1n) is 23.7. The van der Waals surface area contributed by atoms with Crippen LogP contribution in [0, 0.1) is 0 Å². The van der Waals surface area contributed by atoms with Crippen LogP contribution < -0.4 is 0 Å². The van der Waals surface area contributed by atoms with Crippen LogP contribution in [0.15, 0.2) is 0 Å². The standard InChI is InChI=1S/H106P104/c1-54(2)80(53)93(79(51)52)100(94(81(55(3)4)56(5)6)82(57(7)8)58(9)10)103(99(91(75(43)44)76(45)46)92(77(47)48)78(49)50)104(101(95(83(59(11)12)60(13)14)84(61(15)16)62(17)18)96(85(63(19)20)64(21)22)86(65(23)24)66(25)26)102(97(87(67(27)28)68(29)30)88(69(31)32)70(33)34)98(89(71(35)36)72(37)38)90(73(39)40)74(41)42/h1-53H2. The van der Waals surface area contributed by atoms with Crippen molar-refractivity contribution in [1.29, 1.82) is 0 Å². The molecular formula is H106P104. The summed E-state index contributed by atoms with van der Waals surface area (Å²) in [5.74, 6) is 0. The molecule has 626 valence electrons. The minimum absolute atomic E-state index is 0.404. The lowest BCUT2D eigenvalue weighted by Crippen LogP contribution is -1.77. The van der Waals surface area contributed by atoms with Crippen LogP contribution in [0.25, 0.3) is 0 Å². The van der Waals surface area contributed by atoms with E-state index in [0.717, 1.165) is 0 Å². The van der Waals surface area contributed by atoms with Gasteiger partial charge in [-0.3, -0.25) is 0 Å². The molecule has 0 aromatic heterocycles. The van der Waals surface area contributed by atoms with Crippen LogP contribution in [0.5, 0.6) is 0 Å². The number of hydrogen-bond donors (Lipinski definition) is 0. The Balaban J connectivity index is 15.0. The Labute approximate surface area is 816 Å². The molecule has 0 saturated heterocycles. The van der Waals surface area contributed by atoms with Gasteiger partial charge in [-0.15, -0.1) is 473 Å². The molecule has 0 aromatic rings. The Kier molecular flexibility index (Phi) is 116. The van der Waals surface area contributed by atoms with E-state index in [2.05, 4.69) is 473 Å². The molecule has 0 aliphatic rings. The minimum atomic E-state index is -0.687. The second kappa shape index (κ2) is 81.3. The highest BCUT2D eigenvalue weighted by Crippen LogP contribution is 3.55. The van der Waals surface area contributed by atoms with Gasteiger partial charge in [0.15, 0.2) is 0 Å². The van der Waals surface area contributed by atoms with Gasteiger partial charge in [-0.25, -0.2) is 0 Å². The largest absolute Gasteiger partial charge is 0.102 e. The van der Waals surface area contributed by atoms with Crippen LogP contribution in [0.3, 0.4) is 0 Å². The average Bonchev–Trinajstić information content (AvgIpc) is 3.41. The van der Waals surface area contributed by atoms with Gasteiger partial charge in [-0.1, -0.05) is 0 Å². The normalized spacial score (nSPS) is 15.8. The molecular weight excluding hydrogens is 3220 g/mol. The molecule has 0 aromatic carbocycles. The lowest BCUT2D eigenvalue weighted by molar-refractivity contribution is 4.29. The highest BCUT2D eigenvalue weighted by molar-refractivity contribution is 9.61. The molecule has 0 aliphatic heterocycles. The molecule has 0 amide bonds. The third kappa shape index (κ3) is 52.0. The SMILES string of the molecule is PP(P)P(P)P(P(P)P)P(P(P(P(P)P)P(P)P)P(P(P)P)P(P)P)P(P(P(P(P)P)P(P)P)P(P(P)P)P(P)P)P(P(P(P(P(P)P)P(P)P)P(P(P)P)P(P)P)P(P(P(P)P)P(P)P)P(P(P)P)P(P)P)P(P(P(P(P)P)P(P)P)P(P(P)P)P(P)P)P(P(P(P)P)P(P)P)P(P(P)P)P(P)P. The van der Waals surface area contributed by atoms with E-state index in [1.807, 2.05) is 0 Å². The van der Waals surface area contributed by atoms with Crippen molar-refractivity contribution in [2.24, 2.45) is 0 Å². The van der Waals surface area contributed by atoms with Gasteiger partial charge >= 0.3 is 0 Å². The molecule has 0 saturated carbocycles. The Morgan fingerprint density at radius 1 is 0.0577 bits per heavy atom. The molecule has 104 heteroatoms. The van der Waals surface area contributed by atoms with Crippen molar-refractivity contribution in [3.8, 4) is 0 Å². The lowest BCUT2D eigenvalue weighted by atomic mass is 28.3. The zero-order valence-electron chi connectivity index (χ0n) is 53.4. The first-order chi connectivity index (χ1) is 47.3. The van der Waals surface area contributed by atoms with Crippen LogP contribution in [0.1, 0.15) is 0 Å². The van der Waals surface area contributed by atoms with Crippen LogP contribution in [0.2, 0.25) is 0 Å². The van der Waals surface area contributed by atoms with Crippen molar-refractivity contribution in [2.75, 3.05) is 0 Å². The van der Waals surface area contributed by atoms with Crippen molar-refractivity contribution in [1.82, 2.24) is 0 Å². The summed E-state index contributed by atoms with van der Waals surface area (Å²) >= 11 is 0. The van der Waals surface area contributed by atoms with Crippen LogP contribution in [-0.4, -0.2) is 0 Å². The zero-order valence-corrected chi connectivity index (χ0v) is 160. The molecule has 0 heterocycles. The second-order valence-electron chi connectivity index (χ2n) is 16.6. The van der Waals surface area contributed by atoms with E-state index in [4.69, 9.17) is 0 Å².